The van der Waals surface area contributed by atoms with Crippen LogP contribution in [0.4, 0.5) is 0 Å². The topological polar surface area (TPSA) is 164 Å². The summed E-state index contributed by atoms with van der Waals surface area (Å²) in [5.74, 6) is 0. The zero-order valence-electron chi connectivity index (χ0n) is 11.9. The van der Waals surface area contributed by atoms with Crippen LogP contribution in [0.25, 0.3) is 0 Å². The largest absolute Gasteiger partial charge is 2.00 e. The Hall–Kier alpha value is -1.12. The molecule has 2 rings (SSSR count). The Balaban J connectivity index is 0. The van der Waals surface area contributed by atoms with Crippen LogP contribution in [0.3, 0.4) is 0 Å². The molecule has 2 atom stereocenters. The van der Waals surface area contributed by atoms with E-state index in [4.69, 9.17) is 29.0 Å². The Morgan fingerprint density at radius 2 is 0.957 bits per heavy atom. The molecule has 0 saturated carbocycles. The third-order valence-corrected chi connectivity index (χ3v) is 2.76. The Labute approximate surface area is 149 Å². The molecule has 23 heavy (non-hydrogen) atoms. The molecular formula is C14H18N2O5PtS. The molecule has 130 valence electrons. The maximum absolute atomic E-state index is 8.52. The first-order valence-corrected chi connectivity index (χ1v) is 7.40. The number of rotatable bonds is 3. The van der Waals surface area contributed by atoms with Crippen LogP contribution < -0.4 is 11.5 Å². The van der Waals surface area contributed by atoms with E-state index in [1.807, 2.05) is 60.7 Å². The molecule has 0 saturated heterocycles. The molecule has 2 aromatic carbocycles. The van der Waals surface area contributed by atoms with Crippen LogP contribution in [0.2, 0.25) is 0 Å². The fourth-order valence-corrected chi connectivity index (χ4v) is 1.77. The van der Waals surface area contributed by atoms with Crippen LogP contribution in [0.15, 0.2) is 60.7 Å². The molecule has 0 aromatic heterocycles. The monoisotopic (exact) mass is 521 g/mol. The number of hydrogen-bond donors (Lipinski definition) is 2. The van der Waals surface area contributed by atoms with E-state index in [-0.39, 0.29) is 38.6 Å². The maximum Gasteiger partial charge on any atom is 2.00 e. The zero-order chi connectivity index (χ0) is 15.9. The van der Waals surface area contributed by atoms with E-state index in [2.05, 4.69) is 0 Å². The van der Waals surface area contributed by atoms with Crippen molar-refractivity contribution in [3.8, 4) is 0 Å². The van der Waals surface area contributed by atoms with Crippen molar-refractivity contribution in [1.82, 2.24) is 0 Å². The van der Waals surface area contributed by atoms with Gasteiger partial charge in [-0.2, -0.15) is 0 Å². The number of hydrogen-bond acceptors (Lipinski definition) is 6. The fraction of sp³-hybridized carbons (Fsp3) is 0.143. The average Bonchev–Trinajstić information content (AvgIpc) is 2.46. The fourth-order valence-electron chi connectivity index (χ4n) is 1.77. The molecule has 6 N–H and O–H groups in total. The summed E-state index contributed by atoms with van der Waals surface area (Å²) in [6, 6.07) is 19.6. The van der Waals surface area contributed by atoms with Crippen molar-refractivity contribution in [1.29, 1.82) is 0 Å². The summed E-state index contributed by atoms with van der Waals surface area (Å²) in [7, 11) is -5.17. The zero-order valence-corrected chi connectivity index (χ0v) is 15.0. The van der Waals surface area contributed by atoms with Gasteiger partial charge in [-0.3, -0.25) is 8.42 Å². The van der Waals surface area contributed by atoms with Gasteiger partial charge in [-0.15, -0.1) is 0 Å². The molecule has 7 nitrogen and oxygen atoms in total. The van der Waals surface area contributed by atoms with Gasteiger partial charge >= 0.3 is 21.1 Å². The van der Waals surface area contributed by atoms with Gasteiger partial charge < -0.3 is 26.0 Å². The molecule has 0 radical (unpaired) electrons. The van der Waals surface area contributed by atoms with Crippen molar-refractivity contribution in [2.75, 3.05) is 0 Å². The second kappa shape index (κ2) is 11.4. The standard InChI is InChI=1S/C14H16N2.H2O4S.H2O.Pt/c15-13(11-7-3-1-4-8-11)14(16)12-9-5-2-6-10-12;1-5(2,3)4;;/h1-10,13-14H,15-16H2;(H2,1,2,3,4);1H2;/q;;;+2/p-2. The van der Waals surface area contributed by atoms with Gasteiger partial charge in [0, 0.05) is 22.5 Å². The first-order valence-electron chi connectivity index (χ1n) is 6.07. The van der Waals surface area contributed by atoms with Gasteiger partial charge in [0.15, 0.2) is 0 Å². The summed E-state index contributed by atoms with van der Waals surface area (Å²) < 4.78 is 34.1. The third-order valence-electron chi connectivity index (χ3n) is 2.76. The van der Waals surface area contributed by atoms with Gasteiger partial charge in [-0.05, 0) is 11.1 Å². The van der Waals surface area contributed by atoms with E-state index in [1.54, 1.807) is 0 Å². The number of benzene rings is 2. The van der Waals surface area contributed by atoms with Crippen LogP contribution in [0.1, 0.15) is 23.2 Å². The second-order valence-electron chi connectivity index (χ2n) is 4.28. The molecule has 0 aliphatic heterocycles. The van der Waals surface area contributed by atoms with Crippen LogP contribution in [-0.4, -0.2) is 23.0 Å². The molecule has 0 fully saturated rings. The Morgan fingerprint density at radius 1 is 0.739 bits per heavy atom. The second-order valence-corrected chi connectivity index (χ2v) is 5.10. The minimum Gasteiger partial charge on any atom is -0.759 e. The summed E-state index contributed by atoms with van der Waals surface area (Å²) in [4.78, 5) is 0. The first kappa shape index (κ1) is 24.1. The third kappa shape index (κ3) is 10.3. The SMILES string of the molecule is NC(c1ccccc1)C(N)c1ccccc1.O.O=S(=O)([O-])[O-].[Pt+2]. The summed E-state index contributed by atoms with van der Waals surface area (Å²) in [6.07, 6.45) is 0. The molecule has 2 unspecified atom stereocenters. The number of nitrogens with two attached hydrogens (primary N) is 2. The van der Waals surface area contributed by atoms with E-state index < -0.39 is 10.4 Å². The molecule has 2 aromatic rings. The van der Waals surface area contributed by atoms with Gasteiger partial charge in [-0.25, -0.2) is 0 Å². The smallest absolute Gasteiger partial charge is 0.759 e. The van der Waals surface area contributed by atoms with Crippen molar-refractivity contribution < 1.29 is 44.1 Å². The van der Waals surface area contributed by atoms with Crippen molar-refractivity contribution >= 4 is 10.4 Å². The van der Waals surface area contributed by atoms with E-state index in [1.165, 1.54) is 0 Å². The summed E-state index contributed by atoms with van der Waals surface area (Å²) >= 11 is 0. The van der Waals surface area contributed by atoms with Gasteiger partial charge in [0.2, 0.25) is 0 Å². The summed E-state index contributed by atoms with van der Waals surface area (Å²) in [5.41, 5.74) is 14.4. The normalized spacial score (nSPS) is 12.5. The van der Waals surface area contributed by atoms with Gasteiger partial charge in [0.25, 0.3) is 0 Å². The first-order chi connectivity index (χ1) is 9.79. The molecule has 0 amide bonds. The molecule has 0 aliphatic rings. The molecular weight excluding hydrogens is 503 g/mol. The van der Waals surface area contributed by atoms with Crippen LogP contribution in [-0.2, 0) is 31.5 Å². The predicted molar refractivity (Wildman–Crippen MR) is 80.8 cm³/mol. The maximum atomic E-state index is 8.52. The van der Waals surface area contributed by atoms with E-state index in [0.717, 1.165) is 11.1 Å². The molecule has 0 bridgehead atoms. The minimum absolute atomic E-state index is 0. The van der Waals surface area contributed by atoms with Gasteiger partial charge in [-0.1, -0.05) is 60.7 Å². The average molecular weight is 521 g/mol. The van der Waals surface area contributed by atoms with Crippen molar-refractivity contribution in [3.05, 3.63) is 71.8 Å². The Kier molecular flexibility index (Phi) is 12.0. The van der Waals surface area contributed by atoms with Crippen molar-refractivity contribution in [2.45, 2.75) is 12.1 Å². The predicted octanol–water partition coefficient (Wildman–Crippen LogP) is 0.221. The molecule has 0 aliphatic carbocycles. The molecule has 0 spiro atoms. The Morgan fingerprint density at radius 3 is 1.17 bits per heavy atom. The van der Waals surface area contributed by atoms with E-state index >= 15 is 0 Å². The van der Waals surface area contributed by atoms with Crippen LogP contribution >= 0.6 is 0 Å². The van der Waals surface area contributed by atoms with Gasteiger partial charge in [0.05, 0.1) is 0 Å². The van der Waals surface area contributed by atoms with Crippen molar-refractivity contribution in [2.24, 2.45) is 11.5 Å². The summed E-state index contributed by atoms with van der Waals surface area (Å²) in [5, 5.41) is 0. The van der Waals surface area contributed by atoms with Crippen LogP contribution in [0, 0.1) is 0 Å². The Bertz CT molecular complexity index is 589. The van der Waals surface area contributed by atoms with E-state index in [0.29, 0.717) is 0 Å². The molecule has 0 heterocycles. The van der Waals surface area contributed by atoms with Crippen molar-refractivity contribution in [3.63, 3.8) is 0 Å². The quantitative estimate of drug-likeness (QED) is 0.433. The minimum atomic E-state index is -5.17. The van der Waals surface area contributed by atoms with Gasteiger partial charge in [0.1, 0.15) is 0 Å². The van der Waals surface area contributed by atoms with E-state index in [9.17, 15) is 0 Å². The molecule has 9 heteroatoms. The summed E-state index contributed by atoms with van der Waals surface area (Å²) in [6.45, 7) is 0. The van der Waals surface area contributed by atoms with Crippen LogP contribution in [0.5, 0.6) is 0 Å².